The van der Waals surface area contributed by atoms with Crippen LogP contribution in [-0.4, -0.2) is 35.0 Å². The van der Waals surface area contributed by atoms with Crippen LogP contribution in [0.25, 0.3) is 0 Å². The summed E-state index contributed by atoms with van der Waals surface area (Å²) >= 11 is 0. The number of nitro groups is 1. The van der Waals surface area contributed by atoms with Crippen molar-refractivity contribution in [3.05, 3.63) is 33.9 Å². The average Bonchev–Trinajstić information content (AvgIpc) is 2.42. The Hall–Kier alpha value is -2.64. The largest absolute Gasteiger partial charge is 0.478 e. The Morgan fingerprint density at radius 3 is 2.57 bits per heavy atom. The second kappa shape index (κ2) is 7.22. The van der Waals surface area contributed by atoms with Crippen LogP contribution >= 0.6 is 0 Å². The van der Waals surface area contributed by atoms with Crippen LogP contribution in [0, 0.1) is 16.0 Å². The Morgan fingerprint density at radius 2 is 2.05 bits per heavy atom. The molecule has 1 amide bonds. The van der Waals surface area contributed by atoms with E-state index in [9.17, 15) is 19.7 Å². The lowest BCUT2D eigenvalue weighted by molar-refractivity contribution is -0.384. The van der Waals surface area contributed by atoms with Crippen LogP contribution < -0.4 is 10.6 Å². The minimum Gasteiger partial charge on any atom is -0.478 e. The molecule has 8 nitrogen and oxygen atoms in total. The summed E-state index contributed by atoms with van der Waals surface area (Å²) in [5, 5.41) is 25.0. The molecule has 0 heterocycles. The van der Waals surface area contributed by atoms with Gasteiger partial charge in [-0.25, -0.2) is 4.79 Å². The first-order valence-electron chi connectivity index (χ1n) is 6.33. The predicted octanol–water partition coefficient (Wildman–Crippen LogP) is 1.48. The van der Waals surface area contributed by atoms with E-state index in [2.05, 4.69) is 10.6 Å². The smallest absolute Gasteiger partial charge is 0.337 e. The van der Waals surface area contributed by atoms with E-state index >= 15 is 0 Å². The standard InChI is InChI=1S/C13H17N3O5/c1-8(2)6-15-12(17)7-14-11-5-9(16(20)21)3-4-10(11)13(18)19/h3-5,8,14H,6-7H2,1-2H3,(H,15,17)(H,18,19). The number of benzene rings is 1. The number of aromatic carboxylic acids is 1. The number of carbonyl (C=O) groups excluding carboxylic acids is 1. The van der Waals surface area contributed by atoms with E-state index in [4.69, 9.17) is 5.11 Å². The van der Waals surface area contributed by atoms with Gasteiger partial charge >= 0.3 is 5.97 Å². The first kappa shape index (κ1) is 16.4. The molecule has 0 aliphatic rings. The van der Waals surface area contributed by atoms with Gasteiger partial charge in [0.15, 0.2) is 0 Å². The zero-order valence-corrected chi connectivity index (χ0v) is 11.8. The third kappa shape index (κ3) is 5.09. The number of non-ortho nitro benzene ring substituents is 1. The lowest BCUT2D eigenvalue weighted by Gasteiger charge is -2.11. The summed E-state index contributed by atoms with van der Waals surface area (Å²) in [4.78, 5) is 32.7. The molecule has 0 atom stereocenters. The van der Waals surface area contributed by atoms with E-state index in [1.807, 2.05) is 13.8 Å². The Kier molecular flexibility index (Phi) is 5.65. The van der Waals surface area contributed by atoms with Crippen LogP contribution in [0.2, 0.25) is 0 Å². The third-order valence-corrected chi connectivity index (χ3v) is 2.59. The van der Waals surface area contributed by atoms with E-state index in [-0.39, 0.29) is 29.4 Å². The molecule has 1 rings (SSSR count). The minimum absolute atomic E-state index is 0.0383. The maximum absolute atomic E-state index is 11.6. The summed E-state index contributed by atoms with van der Waals surface area (Å²) < 4.78 is 0. The maximum atomic E-state index is 11.6. The van der Waals surface area contributed by atoms with Crippen molar-refractivity contribution in [3.8, 4) is 0 Å². The number of anilines is 1. The molecule has 3 N–H and O–H groups in total. The number of nitrogens with one attached hydrogen (secondary N) is 2. The van der Waals surface area contributed by atoms with E-state index in [1.165, 1.54) is 0 Å². The molecular weight excluding hydrogens is 278 g/mol. The van der Waals surface area contributed by atoms with E-state index in [1.54, 1.807) is 0 Å². The molecule has 21 heavy (non-hydrogen) atoms. The van der Waals surface area contributed by atoms with E-state index in [0.717, 1.165) is 18.2 Å². The highest BCUT2D eigenvalue weighted by Gasteiger charge is 2.15. The van der Waals surface area contributed by atoms with Crippen LogP contribution in [0.1, 0.15) is 24.2 Å². The zero-order valence-electron chi connectivity index (χ0n) is 11.8. The highest BCUT2D eigenvalue weighted by molar-refractivity contribution is 5.95. The molecule has 0 fully saturated rings. The number of rotatable bonds is 7. The van der Waals surface area contributed by atoms with Crippen LogP contribution in [0.4, 0.5) is 11.4 Å². The molecule has 0 saturated heterocycles. The molecule has 1 aromatic carbocycles. The van der Waals surface area contributed by atoms with Crippen LogP contribution in [0.3, 0.4) is 0 Å². The Morgan fingerprint density at radius 1 is 1.38 bits per heavy atom. The van der Waals surface area contributed by atoms with Crippen LogP contribution in [0.15, 0.2) is 18.2 Å². The van der Waals surface area contributed by atoms with Crippen molar-refractivity contribution < 1.29 is 19.6 Å². The fraction of sp³-hybridized carbons (Fsp3) is 0.385. The molecule has 0 aromatic heterocycles. The maximum Gasteiger partial charge on any atom is 0.337 e. The summed E-state index contributed by atoms with van der Waals surface area (Å²) in [6.07, 6.45) is 0. The van der Waals surface area contributed by atoms with Gasteiger partial charge in [0.2, 0.25) is 5.91 Å². The van der Waals surface area contributed by atoms with Gasteiger partial charge in [-0.1, -0.05) is 13.8 Å². The number of carboxylic acid groups (broad SMARTS) is 1. The van der Waals surface area contributed by atoms with Crippen molar-refractivity contribution in [2.75, 3.05) is 18.4 Å². The molecule has 8 heteroatoms. The SMILES string of the molecule is CC(C)CNC(=O)CNc1cc([N+](=O)[O-])ccc1C(=O)O. The quantitative estimate of drug-likeness (QED) is 0.517. The van der Waals surface area contributed by atoms with Gasteiger partial charge in [-0.15, -0.1) is 0 Å². The van der Waals surface area contributed by atoms with Crippen molar-refractivity contribution in [2.24, 2.45) is 5.92 Å². The lowest BCUT2D eigenvalue weighted by Crippen LogP contribution is -2.32. The molecule has 114 valence electrons. The number of carboxylic acids is 1. The topological polar surface area (TPSA) is 122 Å². The Bertz CT molecular complexity index is 557. The van der Waals surface area contributed by atoms with E-state index in [0.29, 0.717) is 12.5 Å². The summed E-state index contributed by atoms with van der Waals surface area (Å²) in [7, 11) is 0. The number of nitrogens with zero attached hydrogens (tertiary/aromatic N) is 1. The first-order valence-corrected chi connectivity index (χ1v) is 6.33. The van der Waals surface area contributed by atoms with Crippen molar-refractivity contribution in [2.45, 2.75) is 13.8 Å². The molecule has 0 spiro atoms. The van der Waals surface area contributed by atoms with Gasteiger partial charge in [0, 0.05) is 18.7 Å². The normalized spacial score (nSPS) is 10.2. The number of nitro benzene ring substituents is 1. The average molecular weight is 295 g/mol. The van der Waals surface area contributed by atoms with Crippen molar-refractivity contribution in [1.82, 2.24) is 5.32 Å². The molecule has 0 radical (unpaired) electrons. The second-order valence-corrected chi connectivity index (χ2v) is 4.84. The van der Waals surface area contributed by atoms with Gasteiger partial charge in [-0.05, 0) is 12.0 Å². The summed E-state index contributed by atoms with van der Waals surface area (Å²) in [5.74, 6) is -1.25. The van der Waals surface area contributed by atoms with Crippen LogP contribution in [-0.2, 0) is 4.79 Å². The monoisotopic (exact) mass is 295 g/mol. The second-order valence-electron chi connectivity index (χ2n) is 4.84. The molecule has 0 aliphatic heterocycles. The fourth-order valence-electron chi connectivity index (χ4n) is 1.53. The number of amides is 1. The van der Waals surface area contributed by atoms with Gasteiger partial charge in [0.1, 0.15) is 0 Å². The third-order valence-electron chi connectivity index (χ3n) is 2.59. The molecule has 0 bridgehead atoms. The van der Waals surface area contributed by atoms with Gasteiger partial charge in [0.05, 0.1) is 22.7 Å². The predicted molar refractivity (Wildman–Crippen MR) is 76.4 cm³/mol. The van der Waals surface area contributed by atoms with Crippen molar-refractivity contribution in [1.29, 1.82) is 0 Å². The summed E-state index contributed by atoms with van der Waals surface area (Å²) in [6.45, 7) is 4.23. The Balaban J connectivity index is 2.80. The minimum atomic E-state index is -1.23. The number of hydrogen-bond donors (Lipinski definition) is 3. The molecule has 1 aromatic rings. The molecule has 0 aliphatic carbocycles. The van der Waals surface area contributed by atoms with Crippen LogP contribution in [0.5, 0.6) is 0 Å². The number of hydrogen-bond acceptors (Lipinski definition) is 5. The van der Waals surface area contributed by atoms with Crippen molar-refractivity contribution in [3.63, 3.8) is 0 Å². The zero-order chi connectivity index (χ0) is 16.0. The van der Waals surface area contributed by atoms with Gasteiger partial charge in [-0.2, -0.15) is 0 Å². The summed E-state index contributed by atoms with van der Waals surface area (Å²) in [6, 6.07) is 3.33. The highest BCUT2D eigenvalue weighted by Crippen LogP contribution is 2.22. The highest BCUT2D eigenvalue weighted by atomic mass is 16.6. The summed E-state index contributed by atoms with van der Waals surface area (Å²) in [5.41, 5.74) is -0.334. The van der Waals surface area contributed by atoms with Gasteiger partial charge < -0.3 is 15.7 Å². The Labute approximate surface area is 121 Å². The molecule has 0 unspecified atom stereocenters. The van der Waals surface area contributed by atoms with Gasteiger partial charge in [0.25, 0.3) is 5.69 Å². The van der Waals surface area contributed by atoms with Gasteiger partial charge in [-0.3, -0.25) is 14.9 Å². The lowest BCUT2D eigenvalue weighted by atomic mass is 10.1. The molecular formula is C13H17N3O5. The number of carbonyl (C=O) groups is 2. The molecule has 0 saturated carbocycles. The van der Waals surface area contributed by atoms with E-state index < -0.39 is 10.9 Å². The fourth-order valence-corrected chi connectivity index (χ4v) is 1.53. The van der Waals surface area contributed by atoms with Crippen molar-refractivity contribution >= 4 is 23.3 Å². The first-order chi connectivity index (χ1) is 9.81.